The van der Waals surface area contributed by atoms with Gasteiger partial charge in [0.05, 0.1) is 13.5 Å². The van der Waals surface area contributed by atoms with Crippen LogP contribution in [0.3, 0.4) is 0 Å². The van der Waals surface area contributed by atoms with Crippen LogP contribution in [-0.4, -0.2) is 54.0 Å². The summed E-state index contributed by atoms with van der Waals surface area (Å²) in [5.74, 6) is -1.23. The number of thiocarbonyl (C=S) groups is 1. The third-order valence-corrected chi connectivity index (χ3v) is 5.02. The Hall–Kier alpha value is -2.00. The molecule has 2 N–H and O–H groups in total. The van der Waals surface area contributed by atoms with Crippen molar-refractivity contribution in [2.24, 2.45) is 0 Å². The van der Waals surface area contributed by atoms with E-state index in [1.165, 1.54) is 12.0 Å². The summed E-state index contributed by atoms with van der Waals surface area (Å²) in [5.41, 5.74) is 1.44. The molecular weight excluding hydrogens is 410 g/mol. The SMILES string of the molecule is COC(=O)CC1C(=O)NCCN1C(=S)NC(=O)c1ccc(C)c(Br)c1. The minimum atomic E-state index is -0.807. The van der Waals surface area contributed by atoms with E-state index in [4.69, 9.17) is 12.2 Å². The van der Waals surface area contributed by atoms with Crippen molar-refractivity contribution >= 4 is 51.0 Å². The lowest BCUT2D eigenvalue weighted by Crippen LogP contribution is -2.60. The van der Waals surface area contributed by atoms with Gasteiger partial charge < -0.3 is 15.0 Å². The summed E-state index contributed by atoms with van der Waals surface area (Å²) in [5, 5.41) is 5.40. The van der Waals surface area contributed by atoms with Crippen molar-refractivity contribution < 1.29 is 19.1 Å². The number of halogens is 1. The average molecular weight is 428 g/mol. The van der Waals surface area contributed by atoms with Crippen molar-refractivity contribution in [2.45, 2.75) is 19.4 Å². The Morgan fingerprint density at radius 2 is 2.20 bits per heavy atom. The van der Waals surface area contributed by atoms with Crippen molar-refractivity contribution in [1.29, 1.82) is 0 Å². The van der Waals surface area contributed by atoms with Gasteiger partial charge in [0.1, 0.15) is 6.04 Å². The molecule has 1 aliphatic heterocycles. The van der Waals surface area contributed by atoms with Gasteiger partial charge in [-0.25, -0.2) is 0 Å². The summed E-state index contributed by atoms with van der Waals surface area (Å²) in [4.78, 5) is 37.5. The Morgan fingerprint density at radius 1 is 1.48 bits per heavy atom. The molecular formula is C16H18BrN3O4S. The fourth-order valence-electron chi connectivity index (χ4n) is 2.38. The van der Waals surface area contributed by atoms with Gasteiger partial charge in [0.25, 0.3) is 5.91 Å². The maximum Gasteiger partial charge on any atom is 0.308 e. The van der Waals surface area contributed by atoms with Gasteiger partial charge >= 0.3 is 5.97 Å². The molecule has 0 aliphatic carbocycles. The number of carbonyl (C=O) groups excluding carboxylic acids is 3. The lowest BCUT2D eigenvalue weighted by atomic mass is 10.1. The molecule has 1 atom stereocenters. The first kappa shape index (κ1) is 19.3. The first-order valence-electron chi connectivity index (χ1n) is 7.56. The summed E-state index contributed by atoms with van der Waals surface area (Å²) < 4.78 is 5.43. The highest BCUT2D eigenvalue weighted by molar-refractivity contribution is 9.10. The van der Waals surface area contributed by atoms with Gasteiger partial charge in [-0.05, 0) is 36.8 Å². The molecule has 0 spiro atoms. The molecule has 2 rings (SSSR count). The zero-order valence-electron chi connectivity index (χ0n) is 13.8. The maximum atomic E-state index is 12.4. The second-order valence-electron chi connectivity index (χ2n) is 5.50. The second kappa shape index (κ2) is 8.39. The Labute approximate surface area is 159 Å². The van der Waals surface area contributed by atoms with Crippen molar-refractivity contribution in [2.75, 3.05) is 20.2 Å². The van der Waals surface area contributed by atoms with E-state index < -0.39 is 12.0 Å². The number of piperazine rings is 1. The van der Waals surface area contributed by atoms with Crippen LogP contribution in [0.15, 0.2) is 22.7 Å². The van der Waals surface area contributed by atoms with Gasteiger partial charge in [0.15, 0.2) is 5.11 Å². The molecule has 134 valence electrons. The Kier molecular flexibility index (Phi) is 6.49. The summed E-state index contributed by atoms with van der Waals surface area (Å²) in [6.07, 6.45) is -0.144. The number of ether oxygens (including phenoxy) is 1. The number of carbonyl (C=O) groups is 3. The van der Waals surface area contributed by atoms with Crippen LogP contribution in [0, 0.1) is 6.92 Å². The van der Waals surface area contributed by atoms with Gasteiger partial charge in [0, 0.05) is 23.1 Å². The predicted octanol–water partition coefficient (Wildman–Crippen LogP) is 1.14. The van der Waals surface area contributed by atoms with Gasteiger partial charge in [-0.15, -0.1) is 0 Å². The Balaban J connectivity index is 2.11. The van der Waals surface area contributed by atoms with Crippen molar-refractivity contribution in [1.82, 2.24) is 15.5 Å². The lowest BCUT2D eigenvalue weighted by molar-refractivity contribution is -0.144. The summed E-state index contributed by atoms with van der Waals surface area (Å²) >= 11 is 8.66. The topological polar surface area (TPSA) is 87.7 Å². The van der Waals surface area contributed by atoms with E-state index in [1.54, 1.807) is 12.1 Å². The van der Waals surface area contributed by atoms with Crippen LogP contribution in [0.2, 0.25) is 0 Å². The summed E-state index contributed by atoms with van der Waals surface area (Å²) in [7, 11) is 1.25. The lowest BCUT2D eigenvalue weighted by Gasteiger charge is -2.36. The average Bonchev–Trinajstić information content (AvgIpc) is 2.58. The number of amides is 2. The van der Waals surface area contributed by atoms with Crippen molar-refractivity contribution in [3.05, 3.63) is 33.8 Å². The predicted molar refractivity (Wildman–Crippen MR) is 99.1 cm³/mol. The second-order valence-corrected chi connectivity index (χ2v) is 6.74. The third-order valence-electron chi connectivity index (χ3n) is 3.83. The molecule has 1 aromatic rings. The normalized spacial score (nSPS) is 16.8. The maximum absolute atomic E-state index is 12.4. The molecule has 0 radical (unpaired) electrons. The minimum absolute atomic E-state index is 0.102. The largest absolute Gasteiger partial charge is 0.469 e. The van der Waals surface area contributed by atoms with Crippen LogP contribution in [0.5, 0.6) is 0 Å². The molecule has 1 aromatic carbocycles. The molecule has 0 saturated carbocycles. The van der Waals surface area contributed by atoms with Gasteiger partial charge in [-0.2, -0.15) is 0 Å². The molecule has 25 heavy (non-hydrogen) atoms. The molecule has 1 saturated heterocycles. The number of hydrogen-bond donors (Lipinski definition) is 2. The van der Waals surface area contributed by atoms with Crippen molar-refractivity contribution in [3.8, 4) is 0 Å². The summed E-state index contributed by atoms with van der Waals surface area (Å²) in [6.45, 7) is 2.69. The fourth-order valence-corrected chi connectivity index (χ4v) is 3.07. The molecule has 1 aliphatic rings. The van der Waals surface area contributed by atoms with E-state index in [0.717, 1.165) is 10.0 Å². The smallest absolute Gasteiger partial charge is 0.308 e. The molecule has 1 unspecified atom stereocenters. The van der Waals surface area contributed by atoms with Crippen LogP contribution in [0.25, 0.3) is 0 Å². The number of methoxy groups -OCH3 is 1. The van der Waals surface area contributed by atoms with E-state index in [0.29, 0.717) is 18.7 Å². The fraction of sp³-hybridized carbons (Fsp3) is 0.375. The standard InChI is InChI=1S/C16H18BrN3O4S/c1-9-3-4-10(7-11(9)17)14(22)19-16(25)20-6-5-18-15(23)12(20)8-13(21)24-2/h3-4,7,12H,5-6,8H2,1-2H3,(H,18,23)(H,19,22,25). The molecule has 1 heterocycles. The quantitative estimate of drug-likeness (QED) is 0.555. The number of aryl methyl sites for hydroxylation is 1. The van der Waals surface area contributed by atoms with E-state index in [2.05, 4.69) is 31.3 Å². The molecule has 7 nitrogen and oxygen atoms in total. The van der Waals surface area contributed by atoms with E-state index in [-0.39, 0.29) is 23.3 Å². The number of nitrogens with one attached hydrogen (secondary N) is 2. The number of hydrogen-bond acceptors (Lipinski definition) is 5. The minimum Gasteiger partial charge on any atom is -0.469 e. The highest BCUT2D eigenvalue weighted by Gasteiger charge is 2.34. The number of nitrogens with zero attached hydrogens (tertiary/aromatic N) is 1. The Bertz CT molecular complexity index is 725. The highest BCUT2D eigenvalue weighted by Crippen LogP contribution is 2.18. The van der Waals surface area contributed by atoms with Gasteiger partial charge in [0.2, 0.25) is 5.91 Å². The highest BCUT2D eigenvalue weighted by atomic mass is 79.9. The Morgan fingerprint density at radius 3 is 2.84 bits per heavy atom. The van der Waals surface area contributed by atoms with Crippen molar-refractivity contribution in [3.63, 3.8) is 0 Å². The molecule has 1 fully saturated rings. The van der Waals surface area contributed by atoms with E-state index in [1.807, 2.05) is 13.0 Å². The number of rotatable bonds is 3. The van der Waals surface area contributed by atoms with E-state index >= 15 is 0 Å². The number of benzene rings is 1. The van der Waals surface area contributed by atoms with E-state index in [9.17, 15) is 14.4 Å². The molecule has 9 heteroatoms. The molecule has 0 aromatic heterocycles. The summed E-state index contributed by atoms with van der Waals surface area (Å²) in [6, 6.07) is 4.39. The van der Waals surface area contributed by atoms with Crippen LogP contribution in [-0.2, 0) is 14.3 Å². The zero-order chi connectivity index (χ0) is 18.6. The van der Waals surface area contributed by atoms with Crippen LogP contribution < -0.4 is 10.6 Å². The molecule has 0 bridgehead atoms. The van der Waals surface area contributed by atoms with Crippen LogP contribution >= 0.6 is 28.1 Å². The first-order chi connectivity index (χ1) is 11.8. The van der Waals surface area contributed by atoms with Gasteiger partial charge in [-0.1, -0.05) is 22.0 Å². The molecule has 2 amide bonds. The van der Waals surface area contributed by atoms with Crippen LogP contribution in [0.4, 0.5) is 0 Å². The zero-order valence-corrected chi connectivity index (χ0v) is 16.2. The first-order valence-corrected chi connectivity index (χ1v) is 8.76. The monoisotopic (exact) mass is 427 g/mol. The van der Waals surface area contributed by atoms with Crippen LogP contribution in [0.1, 0.15) is 22.3 Å². The third kappa shape index (κ3) is 4.76. The van der Waals surface area contributed by atoms with Gasteiger partial charge in [-0.3, -0.25) is 19.7 Å². The number of esters is 1.